The second-order valence-electron chi connectivity index (χ2n) is 4.00. The van der Waals surface area contributed by atoms with Crippen LogP contribution in [0.4, 0.5) is 5.82 Å². The number of carbonyl (C=O) groups is 1. The molecule has 2 aromatic rings. The number of rotatable bonds is 3. The van der Waals surface area contributed by atoms with E-state index in [1.807, 2.05) is 0 Å². The average Bonchev–Trinajstić information content (AvgIpc) is 2.68. The third-order valence-electron chi connectivity index (χ3n) is 2.76. The molecule has 0 aromatic carbocycles. The second-order valence-corrected chi connectivity index (χ2v) is 4.00. The highest BCUT2D eigenvalue weighted by Crippen LogP contribution is 2.09. The number of aromatic nitrogens is 3. The summed E-state index contributed by atoms with van der Waals surface area (Å²) in [4.78, 5) is 16.0. The van der Waals surface area contributed by atoms with Gasteiger partial charge in [0.25, 0.3) is 5.91 Å². The van der Waals surface area contributed by atoms with E-state index in [1.165, 1.54) is 0 Å². The maximum Gasteiger partial charge on any atom is 0.253 e. The highest BCUT2D eigenvalue weighted by Gasteiger charge is 2.10. The van der Waals surface area contributed by atoms with Crippen LogP contribution in [0.1, 0.15) is 21.6 Å². The van der Waals surface area contributed by atoms with Gasteiger partial charge in [0.1, 0.15) is 5.82 Å². The van der Waals surface area contributed by atoms with E-state index in [1.54, 1.807) is 43.2 Å². The van der Waals surface area contributed by atoms with E-state index >= 15 is 0 Å². The van der Waals surface area contributed by atoms with Gasteiger partial charge in [-0.1, -0.05) is 0 Å². The Morgan fingerprint density at radius 3 is 2.94 bits per heavy atom. The first-order chi connectivity index (χ1) is 8.59. The summed E-state index contributed by atoms with van der Waals surface area (Å²) in [6, 6.07) is 3.48. The zero-order valence-electron chi connectivity index (χ0n) is 10.3. The van der Waals surface area contributed by atoms with Crippen LogP contribution in [0.3, 0.4) is 0 Å². The minimum atomic E-state index is -0.163. The lowest BCUT2D eigenvalue weighted by Crippen LogP contribution is -2.24. The molecular formula is C12H15N5O. The van der Waals surface area contributed by atoms with Crippen LogP contribution in [0.5, 0.6) is 0 Å². The van der Waals surface area contributed by atoms with Crippen molar-refractivity contribution in [3.8, 4) is 0 Å². The third kappa shape index (κ3) is 2.32. The molecule has 0 radical (unpaired) electrons. The summed E-state index contributed by atoms with van der Waals surface area (Å²) in [7, 11) is 1.76. The summed E-state index contributed by atoms with van der Waals surface area (Å²) in [6.07, 6.45) is 3.30. The predicted molar refractivity (Wildman–Crippen MR) is 67.8 cm³/mol. The molecule has 3 N–H and O–H groups in total. The Hall–Kier alpha value is -2.37. The monoisotopic (exact) mass is 245 g/mol. The SMILES string of the molecule is Cc1ncccc1C(=O)NCc1cnn(C)c1N. The summed E-state index contributed by atoms with van der Waals surface area (Å²) < 4.78 is 1.57. The molecule has 0 spiro atoms. The predicted octanol–water partition coefficient (Wildman–Crippen LogP) is 0.636. The normalized spacial score (nSPS) is 10.3. The smallest absolute Gasteiger partial charge is 0.253 e. The summed E-state index contributed by atoms with van der Waals surface area (Å²) in [5.74, 6) is 0.391. The van der Waals surface area contributed by atoms with Gasteiger partial charge in [-0.3, -0.25) is 14.5 Å². The molecule has 94 valence electrons. The van der Waals surface area contributed by atoms with Gasteiger partial charge >= 0.3 is 0 Å². The lowest BCUT2D eigenvalue weighted by molar-refractivity contribution is 0.0950. The van der Waals surface area contributed by atoms with Gasteiger partial charge in [0, 0.05) is 31.0 Å². The minimum absolute atomic E-state index is 0.163. The number of nitrogens with one attached hydrogen (secondary N) is 1. The first kappa shape index (κ1) is 12.1. The number of aryl methyl sites for hydroxylation is 2. The maximum atomic E-state index is 11.9. The second kappa shape index (κ2) is 4.87. The summed E-state index contributed by atoms with van der Waals surface area (Å²) in [6.45, 7) is 2.15. The van der Waals surface area contributed by atoms with Crippen LogP contribution < -0.4 is 11.1 Å². The van der Waals surface area contributed by atoms with Crippen LogP contribution in [0.2, 0.25) is 0 Å². The van der Waals surface area contributed by atoms with Crippen molar-refractivity contribution in [2.75, 3.05) is 5.73 Å². The van der Waals surface area contributed by atoms with Gasteiger partial charge in [0.05, 0.1) is 11.8 Å². The van der Waals surface area contributed by atoms with E-state index in [0.29, 0.717) is 23.6 Å². The standard InChI is InChI=1S/C12H15N5O/c1-8-10(4-3-5-14-8)12(18)15-6-9-7-16-17(2)11(9)13/h3-5,7H,6,13H2,1-2H3,(H,15,18). The quantitative estimate of drug-likeness (QED) is 0.830. The Morgan fingerprint density at radius 1 is 1.56 bits per heavy atom. The van der Waals surface area contributed by atoms with Crippen molar-refractivity contribution in [2.45, 2.75) is 13.5 Å². The van der Waals surface area contributed by atoms with E-state index in [-0.39, 0.29) is 5.91 Å². The highest BCUT2D eigenvalue weighted by atomic mass is 16.1. The van der Waals surface area contributed by atoms with Crippen molar-refractivity contribution in [2.24, 2.45) is 7.05 Å². The zero-order valence-corrected chi connectivity index (χ0v) is 10.3. The molecule has 0 aliphatic heterocycles. The number of nitrogens with zero attached hydrogens (tertiary/aromatic N) is 3. The summed E-state index contributed by atoms with van der Waals surface area (Å²) in [5.41, 5.74) is 7.87. The van der Waals surface area contributed by atoms with E-state index in [4.69, 9.17) is 5.73 Å². The van der Waals surface area contributed by atoms with Gasteiger partial charge in [-0.25, -0.2) is 0 Å². The molecule has 18 heavy (non-hydrogen) atoms. The van der Waals surface area contributed by atoms with Crippen LogP contribution in [0.15, 0.2) is 24.5 Å². The molecule has 1 amide bonds. The topological polar surface area (TPSA) is 85.8 Å². The van der Waals surface area contributed by atoms with Crippen molar-refractivity contribution in [1.29, 1.82) is 0 Å². The van der Waals surface area contributed by atoms with Gasteiger partial charge in [-0.15, -0.1) is 0 Å². The summed E-state index contributed by atoms with van der Waals surface area (Å²) in [5, 5.41) is 6.81. The van der Waals surface area contributed by atoms with E-state index in [9.17, 15) is 4.79 Å². The molecule has 0 bridgehead atoms. The Kier molecular flexibility index (Phi) is 3.27. The lowest BCUT2D eigenvalue weighted by atomic mass is 10.2. The molecular weight excluding hydrogens is 230 g/mol. The molecule has 0 aliphatic carbocycles. The molecule has 0 saturated carbocycles. The molecule has 0 unspecified atom stereocenters. The van der Waals surface area contributed by atoms with Gasteiger partial charge in [0.15, 0.2) is 0 Å². The fourth-order valence-electron chi connectivity index (χ4n) is 1.62. The Balaban J connectivity index is 2.05. The zero-order chi connectivity index (χ0) is 13.1. The molecule has 2 aromatic heterocycles. The van der Waals surface area contributed by atoms with E-state index < -0.39 is 0 Å². The van der Waals surface area contributed by atoms with Crippen molar-refractivity contribution in [1.82, 2.24) is 20.1 Å². The van der Waals surface area contributed by atoms with Crippen LogP contribution >= 0.6 is 0 Å². The third-order valence-corrected chi connectivity index (χ3v) is 2.76. The number of hydrogen-bond acceptors (Lipinski definition) is 4. The average molecular weight is 245 g/mol. The number of carbonyl (C=O) groups excluding carboxylic acids is 1. The number of hydrogen-bond donors (Lipinski definition) is 2. The minimum Gasteiger partial charge on any atom is -0.384 e. The Morgan fingerprint density at radius 2 is 2.33 bits per heavy atom. The first-order valence-electron chi connectivity index (χ1n) is 5.55. The molecule has 0 fully saturated rings. The number of pyridine rings is 1. The number of nitrogen functional groups attached to an aromatic ring is 1. The molecule has 2 rings (SSSR count). The van der Waals surface area contributed by atoms with Crippen molar-refractivity contribution in [3.05, 3.63) is 41.3 Å². The fourth-order valence-corrected chi connectivity index (χ4v) is 1.62. The number of anilines is 1. The van der Waals surface area contributed by atoms with Crippen molar-refractivity contribution < 1.29 is 4.79 Å². The van der Waals surface area contributed by atoms with Crippen LogP contribution in [0.25, 0.3) is 0 Å². The van der Waals surface area contributed by atoms with Crippen LogP contribution in [-0.2, 0) is 13.6 Å². The molecule has 6 heteroatoms. The van der Waals surface area contributed by atoms with E-state index in [0.717, 1.165) is 5.56 Å². The van der Waals surface area contributed by atoms with Crippen molar-refractivity contribution in [3.63, 3.8) is 0 Å². The lowest BCUT2D eigenvalue weighted by Gasteiger charge is -2.06. The Labute approximate surface area is 105 Å². The molecule has 0 aliphatic rings. The van der Waals surface area contributed by atoms with Crippen LogP contribution in [0, 0.1) is 6.92 Å². The molecule has 0 saturated heterocycles. The van der Waals surface area contributed by atoms with Gasteiger partial charge < -0.3 is 11.1 Å². The maximum absolute atomic E-state index is 11.9. The first-order valence-corrected chi connectivity index (χ1v) is 5.55. The fraction of sp³-hybridized carbons (Fsp3) is 0.250. The van der Waals surface area contributed by atoms with Crippen molar-refractivity contribution >= 4 is 11.7 Å². The van der Waals surface area contributed by atoms with Gasteiger partial charge in [-0.2, -0.15) is 5.10 Å². The summed E-state index contributed by atoms with van der Waals surface area (Å²) >= 11 is 0. The highest BCUT2D eigenvalue weighted by molar-refractivity contribution is 5.95. The number of nitrogens with two attached hydrogens (primary N) is 1. The number of amides is 1. The van der Waals surface area contributed by atoms with Gasteiger partial charge in [-0.05, 0) is 19.1 Å². The van der Waals surface area contributed by atoms with E-state index in [2.05, 4.69) is 15.4 Å². The Bertz CT molecular complexity index is 576. The largest absolute Gasteiger partial charge is 0.384 e. The van der Waals surface area contributed by atoms with Crippen LogP contribution in [-0.4, -0.2) is 20.7 Å². The van der Waals surface area contributed by atoms with Gasteiger partial charge in [0.2, 0.25) is 0 Å². The molecule has 0 atom stereocenters. The molecule has 2 heterocycles. The molecule has 6 nitrogen and oxygen atoms in total.